The lowest BCUT2D eigenvalue weighted by Crippen LogP contribution is -2.29. The van der Waals surface area contributed by atoms with Crippen LogP contribution < -0.4 is 0 Å². The molecule has 0 aromatic rings. The van der Waals surface area contributed by atoms with Gasteiger partial charge in [0.15, 0.2) is 0 Å². The fourth-order valence-corrected chi connectivity index (χ4v) is 1.40. The molecular formula is C10H21BO5. The average molecular weight is 232 g/mol. The molecular weight excluding hydrogens is 211 g/mol. The van der Waals surface area contributed by atoms with Gasteiger partial charge in [-0.2, -0.15) is 0 Å². The molecule has 0 aromatic heterocycles. The van der Waals surface area contributed by atoms with Gasteiger partial charge >= 0.3 is 7.48 Å². The van der Waals surface area contributed by atoms with Crippen LogP contribution in [-0.4, -0.2) is 66.8 Å². The first-order valence-electron chi connectivity index (χ1n) is 5.77. The van der Waals surface area contributed by atoms with Gasteiger partial charge < -0.3 is 23.6 Å². The van der Waals surface area contributed by atoms with Crippen molar-refractivity contribution in [1.29, 1.82) is 0 Å². The van der Waals surface area contributed by atoms with E-state index in [2.05, 4.69) is 0 Å². The van der Waals surface area contributed by atoms with Crippen LogP contribution in [0.5, 0.6) is 0 Å². The summed E-state index contributed by atoms with van der Waals surface area (Å²) in [6.45, 7) is 4.40. The molecule has 1 fully saturated rings. The third-order valence-electron chi connectivity index (χ3n) is 2.19. The van der Waals surface area contributed by atoms with E-state index >= 15 is 0 Å². The second-order valence-corrected chi connectivity index (χ2v) is 3.60. The van der Waals surface area contributed by atoms with Crippen molar-refractivity contribution in [2.45, 2.75) is 12.4 Å². The molecule has 0 spiro atoms. The Morgan fingerprint density at radius 1 is 0.938 bits per heavy atom. The molecule has 0 saturated carbocycles. The molecule has 5 nitrogen and oxygen atoms in total. The molecule has 1 saturated heterocycles. The second kappa shape index (κ2) is 10.0. The summed E-state index contributed by atoms with van der Waals surface area (Å²) in [5.41, 5.74) is 0. The van der Waals surface area contributed by atoms with E-state index in [0.29, 0.717) is 47.1 Å². The first-order valence-corrected chi connectivity index (χ1v) is 5.77. The summed E-state index contributed by atoms with van der Waals surface area (Å²) in [5, 5.41) is 0. The molecule has 0 radical (unpaired) electrons. The lowest BCUT2D eigenvalue weighted by Gasteiger charge is -2.15. The first kappa shape index (κ1) is 13.9. The molecule has 1 aliphatic rings. The van der Waals surface area contributed by atoms with Crippen LogP contribution in [0.2, 0.25) is 0 Å². The van der Waals surface area contributed by atoms with Gasteiger partial charge in [-0.05, 0) is 6.42 Å². The third-order valence-corrected chi connectivity index (χ3v) is 2.19. The van der Waals surface area contributed by atoms with E-state index in [1.54, 1.807) is 7.11 Å². The second-order valence-electron chi connectivity index (χ2n) is 3.60. The first-order chi connectivity index (χ1) is 7.93. The van der Waals surface area contributed by atoms with Crippen molar-refractivity contribution in [2.75, 3.05) is 53.4 Å². The summed E-state index contributed by atoms with van der Waals surface area (Å²) in [7, 11) is 2.21. The van der Waals surface area contributed by atoms with Gasteiger partial charge in [0.25, 0.3) is 0 Å². The number of rotatable bonds is 2. The molecule has 0 aliphatic carbocycles. The Kier molecular flexibility index (Phi) is 8.75. The summed E-state index contributed by atoms with van der Waals surface area (Å²) in [5.74, 6) is 0. The topological polar surface area (TPSA) is 46.2 Å². The Morgan fingerprint density at radius 3 is 2.44 bits per heavy atom. The minimum absolute atomic E-state index is 0.00438. The molecule has 6 heteroatoms. The van der Waals surface area contributed by atoms with Crippen molar-refractivity contribution in [3.8, 4) is 0 Å². The lowest BCUT2D eigenvalue weighted by atomic mass is 9.92. The van der Waals surface area contributed by atoms with Gasteiger partial charge in [-0.3, -0.25) is 0 Å². The lowest BCUT2D eigenvalue weighted by molar-refractivity contribution is -0.00964. The van der Waals surface area contributed by atoms with E-state index in [4.69, 9.17) is 23.6 Å². The molecule has 1 heterocycles. The van der Waals surface area contributed by atoms with Gasteiger partial charge in [-0.1, -0.05) is 0 Å². The highest BCUT2D eigenvalue weighted by atomic mass is 16.6. The van der Waals surface area contributed by atoms with Gasteiger partial charge in [0, 0.05) is 20.3 Å². The van der Waals surface area contributed by atoms with Crippen LogP contribution in [-0.2, 0) is 23.6 Å². The summed E-state index contributed by atoms with van der Waals surface area (Å²) in [4.78, 5) is 0. The summed E-state index contributed by atoms with van der Waals surface area (Å²) in [6, 6.07) is -0.00438. The van der Waals surface area contributed by atoms with Gasteiger partial charge in [-0.15, -0.1) is 0 Å². The van der Waals surface area contributed by atoms with E-state index < -0.39 is 0 Å². The summed E-state index contributed by atoms with van der Waals surface area (Å²) >= 11 is 0. The predicted octanol–water partition coefficient (Wildman–Crippen LogP) is -0.219. The van der Waals surface area contributed by atoms with Crippen LogP contribution in [0.25, 0.3) is 0 Å². The smallest absolute Gasteiger partial charge is 0.306 e. The maximum Gasteiger partial charge on any atom is 0.306 e. The maximum atomic E-state index is 5.58. The zero-order chi connectivity index (χ0) is 11.5. The Hall–Kier alpha value is -0.135. The molecule has 16 heavy (non-hydrogen) atoms. The number of ether oxygens (including phenoxy) is 4. The monoisotopic (exact) mass is 232 g/mol. The normalized spacial score (nSPS) is 26.2. The zero-order valence-electron chi connectivity index (χ0n) is 9.98. The Bertz CT molecular complexity index is 144. The van der Waals surface area contributed by atoms with Gasteiger partial charge in [0.2, 0.25) is 0 Å². The Labute approximate surface area is 97.6 Å². The van der Waals surface area contributed by atoms with Crippen LogP contribution in [0.4, 0.5) is 0 Å². The van der Waals surface area contributed by atoms with Crippen LogP contribution in [0.15, 0.2) is 0 Å². The highest BCUT2D eigenvalue weighted by Gasteiger charge is 2.11. The third kappa shape index (κ3) is 7.19. The van der Waals surface area contributed by atoms with Crippen LogP contribution in [0.1, 0.15) is 6.42 Å². The average Bonchev–Trinajstić information content (AvgIpc) is 2.31. The quantitative estimate of drug-likeness (QED) is 0.616. The molecule has 0 bridgehead atoms. The Morgan fingerprint density at radius 2 is 1.62 bits per heavy atom. The molecule has 94 valence electrons. The van der Waals surface area contributed by atoms with Crippen molar-refractivity contribution in [3.05, 3.63) is 0 Å². The number of hydrogen-bond donors (Lipinski definition) is 0. The predicted molar refractivity (Wildman–Crippen MR) is 61.0 cm³/mol. The summed E-state index contributed by atoms with van der Waals surface area (Å²) in [6.07, 6.45) is 0.902. The van der Waals surface area contributed by atoms with E-state index in [1.165, 1.54) is 0 Å². The molecule has 0 amide bonds. The van der Waals surface area contributed by atoms with Crippen molar-refractivity contribution in [3.63, 3.8) is 0 Å². The molecule has 0 aromatic carbocycles. The number of hydrogen-bond acceptors (Lipinski definition) is 5. The van der Waals surface area contributed by atoms with E-state index in [0.717, 1.165) is 13.0 Å². The van der Waals surface area contributed by atoms with Gasteiger partial charge in [0.1, 0.15) is 0 Å². The van der Waals surface area contributed by atoms with Crippen molar-refractivity contribution >= 4 is 7.48 Å². The van der Waals surface area contributed by atoms with Crippen LogP contribution in [0.3, 0.4) is 0 Å². The van der Waals surface area contributed by atoms with E-state index in [9.17, 15) is 0 Å². The minimum Gasteiger partial charge on any atom is -0.439 e. The van der Waals surface area contributed by atoms with Crippen molar-refractivity contribution in [2.24, 2.45) is 0 Å². The molecule has 1 aliphatic heterocycles. The van der Waals surface area contributed by atoms with E-state index in [1.807, 2.05) is 0 Å². The minimum atomic E-state index is -0.00438. The van der Waals surface area contributed by atoms with Crippen LogP contribution >= 0.6 is 0 Å². The maximum absolute atomic E-state index is 5.58. The van der Waals surface area contributed by atoms with Crippen molar-refractivity contribution in [1.82, 2.24) is 0 Å². The van der Waals surface area contributed by atoms with Crippen molar-refractivity contribution < 1.29 is 23.6 Å². The Balaban J connectivity index is 2.20. The molecule has 0 N–H and O–H groups in total. The van der Waals surface area contributed by atoms with E-state index in [-0.39, 0.29) is 6.00 Å². The fourth-order valence-electron chi connectivity index (χ4n) is 1.40. The SMILES string of the molecule is COBC1COCCCOCCOCCO1. The van der Waals surface area contributed by atoms with Crippen LogP contribution in [0, 0.1) is 0 Å². The largest absolute Gasteiger partial charge is 0.439 e. The van der Waals surface area contributed by atoms with Gasteiger partial charge in [0.05, 0.1) is 39.0 Å². The molecule has 1 rings (SSSR count). The summed E-state index contributed by atoms with van der Waals surface area (Å²) < 4.78 is 26.8. The highest BCUT2D eigenvalue weighted by Crippen LogP contribution is 1.96. The zero-order valence-corrected chi connectivity index (χ0v) is 9.98. The highest BCUT2D eigenvalue weighted by molar-refractivity contribution is 6.29. The molecule has 1 atom stereocenters. The standard InChI is InChI=1S/C10H21BO5/c1-12-11-10-9-15-4-2-3-13-5-6-14-7-8-16-10/h10-11H,2-9H2,1H3. The fraction of sp³-hybridized carbons (Fsp3) is 1.00. The van der Waals surface area contributed by atoms with Gasteiger partial charge in [-0.25, -0.2) is 0 Å². The molecule has 1 unspecified atom stereocenters.